The summed E-state index contributed by atoms with van der Waals surface area (Å²) in [4.78, 5) is 11.1. The highest BCUT2D eigenvalue weighted by Gasteiger charge is 2.28. The molecule has 4 nitrogen and oxygen atoms in total. The van der Waals surface area contributed by atoms with E-state index in [9.17, 15) is 4.79 Å². The zero-order chi connectivity index (χ0) is 15.3. The van der Waals surface area contributed by atoms with Crippen LogP contribution in [-0.2, 0) is 11.3 Å². The molecule has 0 fully saturated rings. The fourth-order valence-corrected chi connectivity index (χ4v) is 1.62. The van der Waals surface area contributed by atoms with Crippen molar-refractivity contribution in [2.75, 3.05) is 6.61 Å². The van der Waals surface area contributed by atoms with Crippen molar-refractivity contribution in [2.24, 2.45) is 5.41 Å². The number of aliphatic carboxylic acids is 1. The smallest absolute Gasteiger partial charge is 0.312 e. The second-order valence-corrected chi connectivity index (χ2v) is 6.12. The fourth-order valence-electron chi connectivity index (χ4n) is 1.62. The SMILES string of the molecule is Cc1ccc(OCC(C)(C)C(=O)O)c(CNC(C)C)c1. The van der Waals surface area contributed by atoms with Crippen LogP contribution >= 0.6 is 0 Å². The van der Waals surface area contributed by atoms with E-state index in [-0.39, 0.29) is 6.61 Å². The first-order valence-corrected chi connectivity index (χ1v) is 6.91. The predicted molar refractivity (Wildman–Crippen MR) is 80.1 cm³/mol. The Labute approximate surface area is 121 Å². The molecule has 1 rings (SSSR count). The number of benzene rings is 1. The average Bonchev–Trinajstić information content (AvgIpc) is 2.34. The Hall–Kier alpha value is -1.55. The lowest BCUT2D eigenvalue weighted by Gasteiger charge is -2.21. The first kappa shape index (κ1) is 16.5. The Bertz CT molecular complexity index is 467. The van der Waals surface area contributed by atoms with Gasteiger partial charge in [-0.05, 0) is 26.8 Å². The van der Waals surface area contributed by atoms with Gasteiger partial charge < -0.3 is 15.2 Å². The molecule has 0 saturated heterocycles. The van der Waals surface area contributed by atoms with Gasteiger partial charge in [0.2, 0.25) is 0 Å². The van der Waals surface area contributed by atoms with Gasteiger partial charge in [0.25, 0.3) is 0 Å². The molecule has 1 aromatic carbocycles. The monoisotopic (exact) mass is 279 g/mol. The van der Waals surface area contributed by atoms with Crippen molar-refractivity contribution in [1.29, 1.82) is 0 Å². The second-order valence-electron chi connectivity index (χ2n) is 6.12. The molecular formula is C16H25NO3. The van der Waals surface area contributed by atoms with E-state index < -0.39 is 11.4 Å². The molecule has 1 aromatic rings. The quantitative estimate of drug-likeness (QED) is 0.805. The Balaban J connectivity index is 2.81. The first-order chi connectivity index (χ1) is 9.22. The molecular weight excluding hydrogens is 254 g/mol. The van der Waals surface area contributed by atoms with Crippen LogP contribution in [0.1, 0.15) is 38.8 Å². The van der Waals surface area contributed by atoms with Crippen molar-refractivity contribution in [1.82, 2.24) is 5.32 Å². The lowest BCUT2D eigenvalue weighted by atomic mass is 9.95. The van der Waals surface area contributed by atoms with Crippen LogP contribution in [0.4, 0.5) is 0 Å². The number of carboxylic acid groups (broad SMARTS) is 1. The molecule has 0 aliphatic carbocycles. The minimum Gasteiger partial charge on any atom is -0.492 e. The number of aryl methyl sites for hydroxylation is 1. The van der Waals surface area contributed by atoms with Gasteiger partial charge in [-0.15, -0.1) is 0 Å². The molecule has 0 aromatic heterocycles. The van der Waals surface area contributed by atoms with E-state index in [2.05, 4.69) is 25.2 Å². The molecule has 0 atom stereocenters. The number of ether oxygens (including phenoxy) is 1. The molecule has 2 N–H and O–H groups in total. The summed E-state index contributed by atoms with van der Waals surface area (Å²) in [5.74, 6) is -0.107. The molecule has 0 unspecified atom stereocenters. The van der Waals surface area contributed by atoms with E-state index in [1.165, 1.54) is 0 Å². The highest BCUT2D eigenvalue weighted by atomic mass is 16.5. The molecule has 20 heavy (non-hydrogen) atoms. The van der Waals surface area contributed by atoms with Gasteiger partial charge in [0.15, 0.2) is 0 Å². The van der Waals surface area contributed by atoms with Crippen molar-refractivity contribution < 1.29 is 14.6 Å². The van der Waals surface area contributed by atoms with Crippen molar-refractivity contribution >= 4 is 5.97 Å². The van der Waals surface area contributed by atoms with Crippen LogP contribution in [0.5, 0.6) is 5.75 Å². The zero-order valence-corrected chi connectivity index (χ0v) is 13.0. The van der Waals surface area contributed by atoms with Crippen molar-refractivity contribution in [2.45, 2.75) is 47.2 Å². The van der Waals surface area contributed by atoms with Crippen LogP contribution in [0.15, 0.2) is 18.2 Å². The van der Waals surface area contributed by atoms with Gasteiger partial charge in [-0.1, -0.05) is 31.5 Å². The zero-order valence-electron chi connectivity index (χ0n) is 13.0. The number of carboxylic acids is 1. The third kappa shape index (κ3) is 4.85. The summed E-state index contributed by atoms with van der Waals surface area (Å²) < 4.78 is 5.73. The van der Waals surface area contributed by atoms with Crippen LogP contribution in [0.25, 0.3) is 0 Å². The summed E-state index contributed by atoms with van der Waals surface area (Å²) >= 11 is 0. The molecule has 0 bridgehead atoms. The minimum atomic E-state index is -0.895. The van der Waals surface area contributed by atoms with Crippen molar-refractivity contribution in [3.63, 3.8) is 0 Å². The number of rotatable bonds is 7. The molecule has 4 heteroatoms. The maximum absolute atomic E-state index is 11.1. The van der Waals surface area contributed by atoms with Crippen LogP contribution in [-0.4, -0.2) is 23.7 Å². The third-order valence-electron chi connectivity index (χ3n) is 3.08. The van der Waals surface area contributed by atoms with Crippen LogP contribution in [0.3, 0.4) is 0 Å². The van der Waals surface area contributed by atoms with Gasteiger partial charge in [0, 0.05) is 18.2 Å². The molecule has 0 aliphatic rings. The van der Waals surface area contributed by atoms with Gasteiger partial charge >= 0.3 is 5.97 Å². The van der Waals surface area contributed by atoms with Crippen molar-refractivity contribution in [3.05, 3.63) is 29.3 Å². The number of carbonyl (C=O) groups is 1. The molecule has 0 amide bonds. The summed E-state index contributed by atoms with van der Waals surface area (Å²) in [6.07, 6.45) is 0. The first-order valence-electron chi connectivity index (χ1n) is 6.91. The number of nitrogens with one attached hydrogen (secondary N) is 1. The Morgan fingerprint density at radius 2 is 2.05 bits per heavy atom. The van der Waals surface area contributed by atoms with Gasteiger partial charge in [0.1, 0.15) is 12.4 Å². The van der Waals surface area contributed by atoms with Crippen LogP contribution < -0.4 is 10.1 Å². The Morgan fingerprint density at radius 3 is 2.60 bits per heavy atom. The maximum Gasteiger partial charge on any atom is 0.312 e. The second kappa shape index (κ2) is 6.75. The molecule has 0 spiro atoms. The number of hydrogen-bond donors (Lipinski definition) is 2. The highest BCUT2D eigenvalue weighted by Crippen LogP contribution is 2.23. The topological polar surface area (TPSA) is 58.6 Å². The van der Waals surface area contributed by atoms with E-state index in [0.717, 1.165) is 16.9 Å². The predicted octanol–water partition coefficient (Wildman–Crippen LogP) is 2.98. The summed E-state index contributed by atoms with van der Waals surface area (Å²) in [5, 5.41) is 12.5. The summed E-state index contributed by atoms with van der Waals surface area (Å²) in [7, 11) is 0. The third-order valence-corrected chi connectivity index (χ3v) is 3.08. The summed E-state index contributed by atoms with van der Waals surface area (Å²) in [5.41, 5.74) is 1.32. The minimum absolute atomic E-state index is 0.153. The van der Waals surface area contributed by atoms with Gasteiger partial charge in [-0.3, -0.25) is 4.79 Å². The molecule has 0 saturated carbocycles. The van der Waals surface area contributed by atoms with Gasteiger partial charge in [0.05, 0.1) is 5.41 Å². The Morgan fingerprint density at radius 1 is 1.40 bits per heavy atom. The van der Waals surface area contributed by atoms with E-state index in [0.29, 0.717) is 12.6 Å². The normalized spacial score (nSPS) is 11.7. The number of hydrogen-bond acceptors (Lipinski definition) is 3. The fraction of sp³-hybridized carbons (Fsp3) is 0.562. The van der Waals surface area contributed by atoms with Crippen LogP contribution in [0, 0.1) is 12.3 Å². The lowest BCUT2D eigenvalue weighted by molar-refractivity contribution is -0.148. The molecule has 0 radical (unpaired) electrons. The lowest BCUT2D eigenvalue weighted by Crippen LogP contribution is -2.31. The maximum atomic E-state index is 11.1. The Kier molecular flexibility index (Phi) is 5.57. The molecule has 0 heterocycles. The van der Waals surface area contributed by atoms with E-state index in [1.54, 1.807) is 13.8 Å². The van der Waals surface area contributed by atoms with E-state index in [4.69, 9.17) is 9.84 Å². The van der Waals surface area contributed by atoms with E-state index in [1.807, 2.05) is 19.1 Å². The summed E-state index contributed by atoms with van der Waals surface area (Å²) in [6.45, 7) is 10.4. The summed E-state index contributed by atoms with van der Waals surface area (Å²) in [6, 6.07) is 6.34. The van der Waals surface area contributed by atoms with Gasteiger partial charge in [-0.25, -0.2) is 0 Å². The van der Waals surface area contributed by atoms with Crippen molar-refractivity contribution in [3.8, 4) is 5.75 Å². The average molecular weight is 279 g/mol. The highest BCUT2D eigenvalue weighted by molar-refractivity contribution is 5.73. The van der Waals surface area contributed by atoms with Gasteiger partial charge in [-0.2, -0.15) is 0 Å². The van der Waals surface area contributed by atoms with E-state index >= 15 is 0 Å². The molecule has 0 aliphatic heterocycles. The largest absolute Gasteiger partial charge is 0.492 e. The van der Waals surface area contributed by atoms with Crippen LogP contribution in [0.2, 0.25) is 0 Å². The molecule has 112 valence electrons. The standard InChI is InChI=1S/C16H25NO3/c1-11(2)17-9-13-8-12(3)6-7-14(13)20-10-16(4,5)15(18)19/h6-8,11,17H,9-10H2,1-5H3,(H,18,19).